The Kier molecular flexibility index (Phi) is 7.63. The number of hydrogen-bond acceptors (Lipinski definition) is 6. The van der Waals surface area contributed by atoms with Gasteiger partial charge >= 0.3 is 5.97 Å². The summed E-state index contributed by atoms with van der Waals surface area (Å²) in [4.78, 5) is 12.2. The van der Waals surface area contributed by atoms with Crippen LogP contribution in [-0.4, -0.2) is 57.3 Å². The van der Waals surface area contributed by atoms with Crippen LogP contribution in [0.25, 0.3) is 11.1 Å². The van der Waals surface area contributed by atoms with E-state index in [4.69, 9.17) is 18.9 Å². The van der Waals surface area contributed by atoms with Gasteiger partial charge in [-0.2, -0.15) is 0 Å². The standard InChI is InChI=1S/C27H35NO6/c1-18-24(31-2)15-21(16-25(18)32-3)23-7-6-22(14-20(23)5-4-19-8-11-34-17-19)28-27(26(29)30)9-12-33-13-10-27/h6-7,14-16,19,28H,4-5,8-13,17H2,1-3H3,(H,29,30). The van der Waals surface area contributed by atoms with Crippen molar-refractivity contribution in [3.63, 3.8) is 0 Å². The van der Waals surface area contributed by atoms with E-state index in [2.05, 4.69) is 17.4 Å². The average molecular weight is 470 g/mol. The fraction of sp³-hybridized carbons (Fsp3) is 0.519. The molecule has 184 valence electrons. The number of hydrogen-bond donors (Lipinski definition) is 2. The van der Waals surface area contributed by atoms with Gasteiger partial charge in [0.25, 0.3) is 0 Å². The van der Waals surface area contributed by atoms with Crippen molar-refractivity contribution in [2.75, 3.05) is 46.0 Å². The fourth-order valence-electron chi connectivity index (χ4n) is 4.96. The molecule has 0 bridgehead atoms. The Morgan fingerprint density at radius 1 is 1.09 bits per heavy atom. The molecule has 2 saturated heterocycles. The first kappa shape index (κ1) is 24.4. The third-order valence-corrected chi connectivity index (χ3v) is 7.15. The maximum atomic E-state index is 12.2. The molecule has 0 amide bonds. The number of benzene rings is 2. The summed E-state index contributed by atoms with van der Waals surface area (Å²) in [6, 6.07) is 10.2. The van der Waals surface area contributed by atoms with Crippen LogP contribution in [-0.2, 0) is 20.7 Å². The number of aliphatic carboxylic acids is 1. The van der Waals surface area contributed by atoms with Gasteiger partial charge in [-0.1, -0.05) is 6.07 Å². The first-order valence-corrected chi connectivity index (χ1v) is 12.0. The zero-order chi connectivity index (χ0) is 24.1. The molecule has 2 aliphatic heterocycles. The lowest BCUT2D eigenvalue weighted by Crippen LogP contribution is -2.50. The first-order chi connectivity index (χ1) is 16.5. The lowest BCUT2D eigenvalue weighted by Gasteiger charge is -2.35. The third-order valence-electron chi connectivity index (χ3n) is 7.15. The van der Waals surface area contributed by atoms with Gasteiger partial charge in [0, 0.05) is 50.5 Å². The van der Waals surface area contributed by atoms with Crippen molar-refractivity contribution < 1.29 is 28.8 Å². The van der Waals surface area contributed by atoms with Crippen molar-refractivity contribution in [3.05, 3.63) is 41.5 Å². The van der Waals surface area contributed by atoms with E-state index >= 15 is 0 Å². The van der Waals surface area contributed by atoms with Crippen LogP contribution in [0.2, 0.25) is 0 Å². The van der Waals surface area contributed by atoms with E-state index in [1.807, 2.05) is 25.1 Å². The summed E-state index contributed by atoms with van der Waals surface area (Å²) >= 11 is 0. The smallest absolute Gasteiger partial charge is 0.329 e. The molecule has 0 aliphatic carbocycles. The molecule has 2 aromatic rings. The fourth-order valence-corrected chi connectivity index (χ4v) is 4.96. The topological polar surface area (TPSA) is 86.3 Å². The van der Waals surface area contributed by atoms with Gasteiger partial charge in [-0.3, -0.25) is 0 Å². The van der Waals surface area contributed by atoms with Crippen molar-refractivity contribution in [2.45, 2.75) is 44.6 Å². The molecule has 2 aliphatic rings. The highest BCUT2D eigenvalue weighted by Gasteiger charge is 2.40. The van der Waals surface area contributed by atoms with Gasteiger partial charge in [0.1, 0.15) is 17.0 Å². The van der Waals surface area contributed by atoms with Crippen molar-refractivity contribution in [3.8, 4) is 22.6 Å². The van der Waals surface area contributed by atoms with E-state index in [0.29, 0.717) is 32.0 Å². The van der Waals surface area contributed by atoms with Gasteiger partial charge in [0.05, 0.1) is 14.2 Å². The molecule has 2 fully saturated rings. The van der Waals surface area contributed by atoms with Crippen LogP contribution in [0.15, 0.2) is 30.3 Å². The van der Waals surface area contributed by atoms with E-state index in [9.17, 15) is 9.90 Å². The molecule has 2 heterocycles. The molecule has 0 aromatic heterocycles. The lowest BCUT2D eigenvalue weighted by atomic mass is 9.88. The largest absolute Gasteiger partial charge is 0.496 e. The van der Waals surface area contributed by atoms with Crippen molar-refractivity contribution in [2.24, 2.45) is 5.92 Å². The van der Waals surface area contributed by atoms with E-state index in [1.54, 1.807) is 14.2 Å². The highest BCUT2D eigenvalue weighted by atomic mass is 16.5. The number of carbonyl (C=O) groups is 1. The van der Waals surface area contributed by atoms with Crippen LogP contribution in [0.3, 0.4) is 0 Å². The summed E-state index contributed by atoms with van der Waals surface area (Å²) in [7, 11) is 3.33. The number of nitrogens with one attached hydrogen (secondary N) is 1. The molecule has 2 aromatic carbocycles. The van der Waals surface area contributed by atoms with E-state index in [0.717, 1.165) is 71.9 Å². The second-order valence-corrected chi connectivity index (χ2v) is 9.27. The van der Waals surface area contributed by atoms with Gasteiger partial charge in [0.2, 0.25) is 0 Å². The Bertz CT molecular complexity index is 983. The minimum absolute atomic E-state index is 0.436. The average Bonchev–Trinajstić information content (AvgIpc) is 3.37. The second kappa shape index (κ2) is 10.7. The Morgan fingerprint density at radius 2 is 1.79 bits per heavy atom. The van der Waals surface area contributed by atoms with Crippen LogP contribution >= 0.6 is 0 Å². The highest BCUT2D eigenvalue weighted by Crippen LogP contribution is 2.38. The molecule has 2 N–H and O–H groups in total. The van der Waals surface area contributed by atoms with Crippen molar-refractivity contribution >= 4 is 11.7 Å². The lowest BCUT2D eigenvalue weighted by molar-refractivity contribution is -0.145. The second-order valence-electron chi connectivity index (χ2n) is 9.27. The third kappa shape index (κ3) is 5.15. The number of ether oxygens (including phenoxy) is 4. The van der Waals surface area contributed by atoms with Gasteiger partial charge in [0.15, 0.2) is 0 Å². The Balaban J connectivity index is 1.70. The monoisotopic (exact) mass is 469 g/mol. The molecule has 7 nitrogen and oxygen atoms in total. The van der Waals surface area contributed by atoms with E-state index in [1.165, 1.54) is 0 Å². The minimum Gasteiger partial charge on any atom is -0.496 e. The molecular weight excluding hydrogens is 434 g/mol. The van der Waals surface area contributed by atoms with Crippen LogP contribution < -0.4 is 14.8 Å². The molecule has 1 atom stereocenters. The van der Waals surface area contributed by atoms with Crippen molar-refractivity contribution in [1.82, 2.24) is 0 Å². The number of methoxy groups -OCH3 is 2. The van der Waals surface area contributed by atoms with E-state index < -0.39 is 11.5 Å². The van der Waals surface area contributed by atoms with E-state index in [-0.39, 0.29) is 0 Å². The zero-order valence-corrected chi connectivity index (χ0v) is 20.3. The SMILES string of the molecule is COc1cc(-c2ccc(NC3(C(=O)O)CCOCC3)cc2CCC2CCOC2)cc(OC)c1C. The summed E-state index contributed by atoms with van der Waals surface area (Å²) in [5.74, 6) is 1.27. The summed E-state index contributed by atoms with van der Waals surface area (Å²) in [6.07, 6.45) is 3.85. The van der Waals surface area contributed by atoms with Gasteiger partial charge in [-0.25, -0.2) is 4.79 Å². The number of rotatable bonds is 9. The number of aryl methyl sites for hydroxylation is 1. The van der Waals surface area contributed by atoms with Crippen LogP contribution in [0.4, 0.5) is 5.69 Å². The molecular formula is C27H35NO6. The predicted octanol–water partition coefficient (Wildman–Crippen LogP) is 4.69. The Labute approximate surface area is 201 Å². The van der Waals surface area contributed by atoms with Crippen LogP contribution in [0, 0.1) is 12.8 Å². The Hall–Kier alpha value is -2.77. The molecule has 1 unspecified atom stereocenters. The molecule has 0 radical (unpaired) electrons. The van der Waals surface area contributed by atoms with Gasteiger partial charge < -0.3 is 29.4 Å². The molecule has 7 heteroatoms. The predicted molar refractivity (Wildman–Crippen MR) is 131 cm³/mol. The molecule has 0 spiro atoms. The summed E-state index contributed by atoms with van der Waals surface area (Å²) < 4.78 is 22.2. The Morgan fingerprint density at radius 3 is 2.38 bits per heavy atom. The maximum Gasteiger partial charge on any atom is 0.329 e. The number of carboxylic acids is 1. The summed E-state index contributed by atoms with van der Waals surface area (Å²) in [5.41, 5.74) is 4.04. The highest BCUT2D eigenvalue weighted by molar-refractivity contribution is 5.83. The minimum atomic E-state index is -1.01. The number of anilines is 1. The summed E-state index contributed by atoms with van der Waals surface area (Å²) in [6.45, 7) is 4.49. The molecule has 34 heavy (non-hydrogen) atoms. The van der Waals surface area contributed by atoms with Gasteiger partial charge in [-0.15, -0.1) is 0 Å². The normalized spacial score (nSPS) is 19.6. The zero-order valence-electron chi connectivity index (χ0n) is 20.3. The van der Waals surface area contributed by atoms with Crippen LogP contribution in [0.5, 0.6) is 11.5 Å². The van der Waals surface area contributed by atoms with Crippen molar-refractivity contribution in [1.29, 1.82) is 0 Å². The maximum absolute atomic E-state index is 12.2. The van der Waals surface area contributed by atoms with Crippen LogP contribution in [0.1, 0.15) is 36.8 Å². The number of carboxylic acid groups (broad SMARTS) is 1. The quantitative estimate of drug-likeness (QED) is 0.551. The molecule has 0 saturated carbocycles. The molecule has 4 rings (SSSR count). The van der Waals surface area contributed by atoms with Gasteiger partial charge in [-0.05, 0) is 73.1 Å². The first-order valence-electron chi connectivity index (χ1n) is 12.0. The summed E-state index contributed by atoms with van der Waals surface area (Å²) in [5, 5.41) is 13.3.